The summed E-state index contributed by atoms with van der Waals surface area (Å²) in [4.78, 5) is 3.82. The summed E-state index contributed by atoms with van der Waals surface area (Å²) in [5.74, 6) is -0.362. The zero-order valence-corrected chi connectivity index (χ0v) is 9.48. The van der Waals surface area contributed by atoms with Crippen molar-refractivity contribution in [3.8, 4) is 22.9 Å². The number of benzene rings is 1. The molecule has 2 rings (SSSR count). The van der Waals surface area contributed by atoms with E-state index >= 15 is 0 Å². The second kappa shape index (κ2) is 4.98. The van der Waals surface area contributed by atoms with Crippen molar-refractivity contribution in [2.45, 2.75) is 6.36 Å². The van der Waals surface area contributed by atoms with Crippen molar-refractivity contribution >= 4 is 0 Å². The Bertz CT molecular complexity index is 632. The maximum absolute atomic E-state index is 12.3. The summed E-state index contributed by atoms with van der Waals surface area (Å²) >= 11 is 0. The van der Waals surface area contributed by atoms with Gasteiger partial charge in [-0.25, -0.2) is 0 Å². The summed E-state index contributed by atoms with van der Waals surface area (Å²) in [5.41, 5.74) is 0.697. The molecule has 0 amide bonds. The third kappa shape index (κ3) is 3.01. The average Bonchev–Trinajstić information content (AvgIpc) is 2.37. The first-order valence-corrected chi connectivity index (χ1v) is 5.20. The fourth-order valence-corrected chi connectivity index (χ4v) is 1.61. The zero-order chi connectivity index (χ0) is 13.9. The number of hydrogen-bond acceptors (Lipinski definition) is 3. The summed E-state index contributed by atoms with van der Waals surface area (Å²) in [7, 11) is 0. The Morgan fingerprint density at radius 3 is 2.53 bits per heavy atom. The van der Waals surface area contributed by atoms with Crippen LogP contribution in [0.5, 0.6) is 5.75 Å². The third-order valence-electron chi connectivity index (χ3n) is 2.34. The number of para-hydroxylation sites is 1. The number of nitriles is 1. The van der Waals surface area contributed by atoms with Gasteiger partial charge in [-0.15, -0.1) is 13.2 Å². The zero-order valence-electron chi connectivity index (χ0n) is 9.48. The molecule has 19 heavy (non-hydrogen) atoms. The summed E-state index contributed by atoms with van der Waals surface area (Å²) in [6.07, 6.45) is -2.06. The van der Waals surface area contributed by atoms with E-state index in [1.807, 2.05) is 6.07 Å². The lowest BCUT2D eigenvalue weighted by Crippen LogP contribution is -2.17. The van der Waals surface area contributed by atoms with Crippen molar-refractivity contribution in [1.82, 2.24) is 4.98 Å². The van der Waals surface area contributed by atoms with Gasteiger partial charge < -0.3 is 4.74 Å². The van der Waals surface area contributed by atoms with Gasteiger partial charge in [0.1, 0.15) is 5.75 Å². The van der Waals surface area contributed by atoms with Crippen molar-refractivity contribution in [3.05, 3.63) is 48.3 Å². The smallest absolute Gasteiger partial charge is 0.405 e. The number of alkyl halides is 3. The highest BCUT2D eigenvalue weighted by atomic mass is 19.4. The second-order valence-electron chi connectivity index (χ2n) is 3.58. The number of pyridine rings is 1. The molecule has 2 aromatic rings. The lowest BCUT2D eigenvalue weighted by atomic mass is 10.0. The Balaban J connectivity index is 2.54. The van der Waals surface area contributed by atoms with E-state index in [2.05, 4.69) is 9.72 Å². The van der Waals surface area contributed by atoms with Crippen LogP contribution < -0.4 is 4.74 Å². The van der Waals surface area contributed by atoms with E-state index < -0.39 is 6.36 Å². The molecular weight excluding hydrogens is 257 g/mol. The predicted octanol–water partition coefficient (Wildman–Crippen LogP) is 3.52. The van der Waals surface area contributed by atoms with E-state index in [0.717, 1.165) is 0 Å². The van der Waals surface area contributed by atoms with Gasteiger partial charge in [0, 0.05) is 23.5 Å². The van der Waals surface area contributed by atoms with Gasteiger partial charge in [0.25, 0.3) is 0 Å². The monoisotopic (exact) mass is 264 g/mol. The summed E-state index contributed by atoms with van der Waals surface area (Å²) in [6.45, 7) is 0. The molecule has 0 fully saturated rings. The van der Waals surface area contributed by atoms with E-state index in [0.29, 0.717) is 5.56 Å². The van der Waals surface area contributed by atoms with Crippen molar-refractivity contribution in [1.29, 1.82) is 5.26 Å². The van der Waals surface area contributed by atoms with Gasteiger partial charge >= 0.3 is 6.36 Å². The van der Waals surface area contributed by atoms with Crippen molar-refractivity contribution in [3.63, 3.8) is 0 Å². The molecule has 1 heterocycles. The molecule has 0 saturated carbocycles. The second-order valence-corrected chi connectivity index (χ2v) is 3.58. The molecule has 0 N–H and O–H groups in total. The fourth-order valence-electron chi connectivity index (χ4n) is 1.61. The van der Waals surface area contributed by atoms with Crippen LogP contribution >= 0.6 is 0 Å². The predicted molar refractivity (Wildman–Crippen MR) is 61.1 cm³/mol. The largest absolute Gasteiger partial charge is 0.573 e. The molecule has 6 heteroatoms. The molecule has 1 aromatic carbocycles. The molecule has 1 aromatic heterocycles. The van der Waals surface area contributed by atoms with Gasteiger partial charge in [-0.2, -0.15) is 5.26 Å². The van der Waals surface area contributed by atoms with Gasteiger partial charge in [-0.1, -0.05) is 18.2 Å². The average molecular weight is 264 g/mol. The highest BCUT2D eigenvalue weighted by molar-refractivity contribution is 5.74. The van der Waals surface area contributed by atoms with Gasteiger partial charge in [0.15, 0.2) is 0 Å². The number of hydrogen-bond donors (Lipinski definition) is 0. The van der Waals surface area contributed by atoms with Crippen molar-refractivity contribution in [2.75, 3.05) is 0 Å². The van der Waals surface area contributed by atoms with E-state index in [1.165, 1.54) is 36.7 Å². The molecule has 0 aliphatic carbocycles. The minimum atomic E-state index is -4.79. The van der Waals surface area contributed by atoms with Gasteiger partial charge in [-0.3, -0.25) is 4.98 Å². The van der Waals surface area contributed by atoms with Crippen LogP contribution in [-0.4, -0.2) is 11.3 Å². The normalized spacial score (nSPS) is 10.8. The minimum absolute atomic E-state index is 0.171. The molecule has 96 valence electrons. The first-order valence-electron chi connectivity index (χ1n) is 5.20. The number of aromatic nitrogens is 1. The first kappa shape index (κ1) is 12.9. The molecule has 0 atom stereocenters. The quantitative estimate of drug-likeness (QED) is 0.833. The standard InChI is InChI=1S/C13H7F3N2O/c14-13(15,16)19-12-4-2-1-3-10(12)11-8-18-6-5-9(11)7-17/h1-6,8H. The van der Waals surface area contributed by atoms with Crippen LogP contribution in [0.25, 0.3) is 11.1 Å². The third-order valence-corrected chi connectivity index (χ3v) is 2.34. The molecule has 0 spiro atoms. The molecule has 3 nitrogen and oxygen atoms in total. The lowest BCUT2D eigenvalue weighted by molar-refractivity contribution is -0.274. The van der Waals surface area contributed by atoms with Crippen molar-refractivity contribution in [2.24, 2.45) is 0 Å². The fraction of sp³-hybridized carbons (Fsp3) is 0.0769. The van der Waals surface area contributed by atoms with E-state index in [-0.39, 0.29) is 16.9 Å². The van der Waals surface area contributed by atoms with Crippen LogP contribution in [0.2, 0.25) is 0 Å². The maximum atomic E-state index is 12.3. The van der Waals surface area contributed by atoms with Gasteiger partial charge in [-0.05, 0) is 12.1 Å². The highest BCUT2D eigenvalue weighted by Crippen LogP contribution is 2.34. The summed E-state index contributed by atoms with van der Waals surface area (Å²) in [5, 5.41) is 8.96. The van der Waals surface area contributed by atoms with Crippen LogP contribution in [0, 0.1) is 11.3 Å². The SMILES string of the molecule is N#Cc1ccncc1-c1ccccc1OC(F)(F)F. The molecule has 0 bridgehead atoms. The van der Waals surface area contributed by atoms with E-state index in [1.54, 1.807) is 6.07 Å². The minimum Gasteiger partial charge on any atom is -0.405 e. The van der Waals surface area contributed by atoms with Gasteiger partial charge in [0.2, 0.25) is 0 Å². The van der Waals surface area contributed by atoms with Crippen LogP contribution in [-0.2, 0) is 0 Å². The van der Waals surface area contributed by atoms with Crippen LogP contribution in [0.3, 0.4) is 0 Å². The number of ether oxygens (including phenoxy) is 1. The summed E-state index contributed by atoms with van der Waals surface area (Å²) < 4.78 is 40.9. The Hall–Kier alpha value is -2.55. The number of halogens is 3. The maximum Gasteiger partial charge on any atom is 0.573 e. The number of rotatable bonds is 2. The molecule has 0 aliphatic heterocycles. The number of nitrogens with zero attached hydrogens (tertiary/aromatic N) is 2. The van der Waals surface area contributed by atoms with E-state index in [9.17, 15) is 13.2 Å². The van der Waals surface area contributed by atoms with Crippen molar-refractivity contribution < 1.29 is 17.9 Å². The van der Waals surface area contributed by atoms with Gasteiger partial charge in [0.05, 0.1) is 11.6 Å². The Morgan fingerprint density at radius 2 is 1.84 bits per heavy atom. The van der Waals surface area contributed by atoms with Crippen LogP contribution in [0.4, 0.5) is 13.2 Å². The Labute approximate surface area is 106 Å². The molecular formula is C13H7F3N2O. The molecule has 0 unspecified atom stereocenters. The molecule has 0 radical (unpaired) electrons. The first-order chi connectivity index (χ1) is 9.01. The summed E-state index contributed by atoms with van der Waals surface area (Å²) in [6, 6.07) is 8.96. The topological polar surface area (TPSA) is 45.9 Å². The molecule has 0 saturated heterocycles. The lowest BCUT2D eigenvalue weighted by Gasteiger charge is -2.13. The Morgan fingerprint density at radius 1 is 1.11 bits per heavy atom. The van der Waals surface area contributed by atoms with Crippen LogP contribution in [0.1, 0.15) is 5.56 Å². The molecule has 0 aliphatic rings. The van der Waals surface area contributed by atoms with E-state index in [4.69, 9.17) is 5.26 Å². The Kier molecular flexibility index (Phi) is 3.38. The highest BCUT2D eigenvalue weighted by Gasteiger charge is 2.32. The van der Waals surface area contributed by atoms with Crippen LogP contribution in [0.15, 0.2) is 42.7 Å².